The Morgan fingerprint density at radius 2 is 2.29 bits per heavy atom. The maximum Gasteiger partial charge on any atom is 0.189 e. The van der Waals surface area contributed by atoms with Crippen molar-refractivity contribution in [2.45, 2.75) is 13.3 Å². The second kappa shape index (κ2) is 5.50. The second-order valence-electron chi connectivity index (χ2n) is 4.01. The summed E-state index contributed by atoms with van der Waals surface area (Å²) in [6.07, 6.45) is 2.63. The second-order valence-corrected chi connectivity index (χ2v) is 4.01. The number of rotatable bonds is 5. The Morgan fingerprint density at radius 3 is 3.06 bits per heavy atom. The molecule has 0 spiro atoms. The fourth-order valence-corrected chi connectivity index (χ4v) is 1.69. The van der Waals surface area contributed by atoms with Gasteiger partial charge in [0.1, 0.15) is 5.69 Å². The summed E-state index contributed by atoms with van der Waals surface area (Å²) < 4.78 is 5.29. The number of aryl methyl sites for hydroxylation is 1. The van der Waals surface area contributed by atoms with Crippen molar-refractivity contribution in [3.63, 3.8) is 0 Å². The smallest absolute Gasteiger partial charge is 0.189 e. The molecule has 0 aliphatic carbocycles. The summed E-state index contributed by atoms with van der Waals surface area (Å²) in [6, 6.07) is 8.16. The minimum atomic E-state index is 0.679. The Labute approximate surface area is 101 Å². The van der Waals surface area contributed by atoms with Crippen molar-refractivity contribution in [1.82, 2.24) is 5.16 Å². The van der Waals surface area contributed by atoms with Gasteiger partial charge in [-0.05, 0) is 26.0 Å². The Hall–Kier alpha value is -1.81. The third-order valence-corrected chi connectivity index (χ3v) is 2.55. The van der Waals surface area contributed by atoms with Crippen LogP contribution in [-0.4, -0.2) is 18.2 Å². The minimum Gasteiger partial charge on any atom is -0.381 e. The molecule has 0 aliphatic rings. The summed E-state index contributed by atoms with van der Waals surface area (Å²) in [5.74, 6) is 0.783. The molecular weight excluding hydrogens is 214 g/mol. The van der Waals surface area contributed by atoms with E-state index in [1.165, 1.54) is 5.56 Å². The Morgan fingerprint density at radius 1 is 1.41 bits per heavy atom. The predicted octanol–water partition coefficient (Wildman–Crippen LogP) is 2.41. The highest BCUT2D eigenvalue weighted by Crippen LogP contribution is 2.28. The van der Waals surface area contributed by atoms with Gasteiger partial charge in [-0.3, -0.25) is 0 Å². The Bertz CT molecular complexity index is 479. The molecule has 0 unspecified atom stereocenters. The van der Waals surface area contributed by atoms with E-state index in [9.17, 15) is 0 Å². The van der Waals surface area contributed by atoms with E-state index in [4.69, 9.17) is 10.3 Å². The van der Waals surface area contributed by atoms with E-state index in [-0.39, 0.29) is 0 Å². The zero-order valence-corrected chi connectivity index (χ0v) is 9.94. The van der Waals surface area contributed by atoms with E-state index in [0.717, 1.165) is 30.0 Å². The van der Waals surface area contributed by atoms with E-state index < -0.39 is 0 Å². The molecule has 1 aromatic heterocycles. The molecule has 2 rings (SSSR count). The van der Waals surface area contributed by atoms with E-state index in [0.29, 0.717) is 6.54 Å². The van der Waals surface area contributed by atoms with Crippen LogP contribution in [0.1, 0.15) is 12.0 Å². The molecule has 1 heterocycles. The van der Waals surface area contributed by atoms with Gasteiger partial charge in [0.15, 0.2) is 5.76 Å². The molecule has 4 heteroatoms. The number of nitrogens with zero attached hydrogens (tertiary/aromatic N) is 1. The summed E-state index contributed by atoms with van der Waals surface area (Å²) in [5.41, 5.74) is 8.62. The van der Waals surface area contributed by atoms with Crippen molar-refractivity contribution in [3.05, 3.63) is 36.0 Å². The average molecular weight is 231 g/mol. The first kappa shape index (κ1) is 11.7. The van der Waals surface area contributed by atoms with Crippen molar-refractivity contribution in [2.24, 2.45) is 5.73 Å². The normalized spacial score (nSPS) is 10.5. The number of benzene rings is 1. The van der Waals surface area contributed by atoms with Gasteiger partial charge in [0, 0.05) is 12.1 Å². The van der Waals surface area contributed by atoms with Crippen LogP contribution >= 0.6 is 0 Å². The van der Waals surface area contributed by atoms with Crippen molar-refractivity contribution in [1.29, 1.82) is 0 Å². The molecule has 0 aliphatic heterocycles. The van der Waals surface area contributed by atoms with Gasteiger partial charge in [0.25, 0.3) is 0 Å². The molecule has 0 radical (unpaired) electrons. The summed E-state index contributed by atoms with van der Waals surface area (Å²) in [4.78, 5) is 0. The number of nitrogens with one attached hydrogen (secondary N) is 1. The van der Waals surface area contributed by atoms with E-state index >= 15 is 0 Å². The van der Waals surface area contributed by atoms with Crippen LogP contribution in [0, 0.1) is 6.92 Å². The number of anilines is 1. The molecule has 0 amide bonds. The monoisotopic (exact) mass is 231 g/mol. The molecule has 3 N–H and O–H groups in total. The lowest BCUT2D eigenvalue weighted by Crippen LogP contribution is -2.08. The highest BCUT2D eigenvalue weighted by molar-refractivity contribution is 5.72. The van der Waals surface area contributed by atoms with Crippen LogP contribution < -0.4 is 11.1 Å². The highest BCUT2D eigenvalue weighted by Gasteiger charge is 2.09. The molecule has 0 saturated carbocycles. The fraction of sp³-hybridized carbons (Fsp3) is 0.308. The number of hydrogen-bond donors (Lipinski definition) is 2. The largest absolute Gasteiger partial charge is 0.381 e. The maximum atomic E-state index is 5.46. The molecular formula is C13H17N3O. The summed E-state index contributed by atoms with van der Waals surface area (Å²) >= 11 is 0. The lowest BCUT2D eigenvalue weighted by molar-refractivity contribution is 0.432. The zero-order valence-electron chi connectivity index (χ0n) is 9.94. The maximum absolute atomic E-state index is 5.46. The number of hydrogen-bond acceptors (Lipinski definition) is 4. The van der Waals surface area contributed by atoms with Gasteiger partial charge in [0.2, 0.25) is 0 Å². The molecule has 4 nitrogen and oxygen atoms in total. The lowest BCUT2D eigenvalue weighted by Gasteiger charge is -2.04. The third kappa shape index (κ3) is 2.85. The van der Waals surface area contributed by atoms with Gasteiger partial charge >= 0.3 is 0 Å². The third-order valence-electron chi connectivity index (χ3n) is 2.55. The SMILES string of the molecule is Cc1cccc(-c2oncc2NCCCN)c1. The molecule has 0 bridgehead atoms. The van der Waals surface area contributed by atoms with Gasteiger partial charge in [0.05, 0.1) is 6.20 Å². The molecule has 1 aromatic carbocycles. The van der Waals surface area contributed by atoms with E-state index in [2.05, 4.69) is 29.5 Å². The van der Waals surface area contributed by atoms with Crippen LogP contribution in [0.15, 0.2) is 35.0 Å². The van der Waals surface area contributed by atoms with Crippen LogP contribution in [-0.2, 0) is 0 Å². The zero-order chi connectivity index (χ0) is 12.1. The summed E-state index contributed by atoms with van der Waals surface area (Å²) in [7, 11) is 0. The number of aromatic nitrogens is 1. The van der Waals surface area contributed by atoms with Crippen molar-refractivity contribution >= 4 is 5.69 Å². The molecule has 90 valence electrons. The fourth-order valence-electron chi connectivity index (χ4n) is 1.69. The first-order valence-corrected chi connectivity index (χ1v) is 5.77. The summed E-state index contributed by atoms with van der Waals surface area (Å²) in [6.45, 7) is 3.57. The van der Waals surface area contributed by atoms with Gasteiger partial charge < -0.3 is 15.6 Å². The molecule has 2 aromatic rings. The lowest BCUT2D eigenvalue weighted by atomic mass is 10.1. The Balaban J connectivity index is 2.18. The minimum absolute atomic E-state index is 0.679. The molecule has 0 saturated heterocycles. The average Bonchev–Trinajstić information content (AvgIpc) is 2.78. The van der Waals surface area contributed by atoms with Crippen molar-refractivity contribution in [3.8, 4) is 11.3 Å². The Kier molecular flexibility index (Phi) is 3.77. The molecule has 17 heavy (non-hydrogen) atoms. The van der Waals surface area contributed by atoms with Gasteiger partial charge in [-0.15, -0.1) is 0 Å². The predicted molar refractivity (Wildman–Crippen MR) is 68.8 cm³/mol. The standard InChI is InChI=1S/C13H17N3O/c1-10-4-2-5-11(8-10)13-12(9-16-17-13)15-7-3-6-14/h2,4-5,8-9,15H,3,6-7,14H2,1H3. The quantitative estimate of drug-likeness (QED) is 0.776. The van der Waals surface area contributed by atoms with Crippen LogP contribution in [0.5, 0.6) is 0 Å². The molecule has 0 fully saturated rings. The van der Waals surface area contributed by atoms with Gasteiger partial charge in [-0.1, -0.05) is 28.9 Å². The van der Waals surface area contributed by atoms with Crippen LogP contribution in [0.3, 0.4) is 0 Å². The number of nitrogens with two attached hydrogens (primary N) is 1. The van der Waals surface area contributed by atoms with Crippen LogP contribution in [0.25, 0.3) is 11.3 Å². The topological polar surface area (TPSA) is 64.1 Å². The first-order chi connectivity index (χ1) is 8.31. The van der Waals surface area contributed by atoms with Crippen molar-refractivity contribution in [2.75, 3.05) is 18.4 Å². The van der Waals surface area contributed by atoms with Crippen LogP contribution in [0.2, 0.25) is 0 Å². The van der Waals surface area contributed by atoms with E-state index in [1.54, 1.807) is 6.20 Å². The van der Waals surface area contributed by atoms with E-state index in [1.807, 2.05) is 12.1 Å². The van der Waals surface area contributed by atoms with Gasteiger partial charge in [-0.2, -0.15) is 0 Å². The highest BCUT2D eigenvalue weighted by atomic mass is 16.5. The summed E-state index contributed by atoms with van der Waals surface area (Å²) in [5, 5.41) is 7.11. The first-order valence-electron chi connectivity index (χ1n) is 5.77. The molecule has 0 atom stereocenters. The van der Waals surface area contributed by atoms with Crippen LogP contribution in [0.4, 0.5) is 5.69 Å². The van der Waals surface area contributed by atoms with Gasteiger partial charge in [-0.25, -0.2) is 0 Å². The van der Waals surface area contributed by atoms with Crippen molar-refractivity contribution < 1.29 is 4.52 Å².